The van der Waals surface area contributed by atoms with E-state index >= 15 is 0 Å². The van der Waals surface area contributed by atoms with E-state index in [-0.39, 0.29) is 6.10 Å². The first kappa shape index (κ1) is 6.89. The zero-order chi connectivity index (χ0) is 8.13. The molecule has 2 bridgehead atoms. The van der Waals surface area contributed by atoms with Crippen LogP contribution in [0.15, 0.2) is 5.16 Å². The molecular weight excluding hydrogens is 154 g/mol. The minimum atomic E-state index is 0.248. The number of hydrogen-bond donors (Lipinski definition) is 0. The zero-order valence-electron chi connectivity index (χ0n) is 7.19. The van der Waals surface area contributed by atoms with Gasteiger partial charge in [0.1, 0.15) is 0 Å². The van der Waals surface area contributed by atoms with Crippen LogP contribution in [0.2, 0.25) is 0 Å². The summed E-state index contributed by atoms with van der Waals surface area (Å²) in [6.07, 6.45) is 3.02. The molecule has 1 aliphatic carbocycles. The number of hydrogen-bond acceptors (Lipinski definition) is 3. The minimum Gasteiger partial charge on any atom is -0.389 e. The smallest absolute Gasteiger partial charge is 0.161 e. The summed E-state index contributed by atoms with van der Waals surface area (Å²) in [4.78, 5) is 5.37. The van der Waals surface area contributed by atoms with Crippen LogP contribution in [0.1, 0.15) is 19.8 Å². The lowest BCUT2D eigenvalue weighted by Gasteiger charge is -2.43. The first-order valence-corrected chi connectivity index (χ1v) is 4.68. The van der Waals surface area contributed by atoms with Crippen molar-refractivity contribution in [3.05, 3.63) is 0 Å². The quantitative estimate of drug-likeness (QED) is 0.542. The number of fused-ring (bicyclic) bond motifs is 2. The first-order chi connectivity index (χ1) is 5.86. The zero-order valence-corrected chi connectivity index (χ0v) is 7.19. The second-order valence-electron chi connectivity index (χ2n) is 4.04. The summed E-state index contributed by atoms with van der Waals surface area (Å²) in [6, 6.07) is 0. The van der Waals surface area contributed by atoms with E-state index in [1.165, 1.54) is 12.1 Å². The van der Waals surface area contributed by atoms with Gasteiger partial charge >= 0.3 is 0 Å². The summed E-state index contributed by atoms with van der Waals surface area (Å²) in [7, 11) is 0. The molecule has 3 nitrogen and oxygen atoms in total. The van der Waals surface area contributed by atoms with Crippen molar-refractivity contribution in [1.82, 2.24) is 0 Å². The van der Waals surface area contributed by atoms with Crippen molar-refractivity contribution in [1.29, 1.82) is 0 Å². The topological polar surface area (TPSA) is 30.8 Å². The third-order valence-corrected chi connectivity index (χ3v) is 3.38. The fourth-order valence-electron chi connectivity index (χ4n) is 2.75. The molecule has 3 fully saturated rings. The average Bonchev–Trinajstić information content (AvgIpc) is 2.53. The maximum absolute atomic E-state index is 5.64. The molecule has 3 heteroatoms. The van der Waals surface area contributed by atoms with Crippen molar-refractivity contribution < 1.29 is 9.57 Å². The molecule has 0 spiro atoms. The van der Waals surface area contributed by atoms with E-state index in [4.69, 9.17) is 9.57 Å². The van der Waals surface area contributed by atoms with Crippen LogP contribution in [0, 0.1) is 11.8 Å². The Balaban J connectivity index is 1.94. The lowest BCUT2D eigenvalue weighted by atomic mass is 9.72. The van der Waals surface area contributed by atoms with Crippen LogP contribution in [-0.2, 0) is 9.57 Å². The molecule has 12 heavy (non-hydrogen) atoms. The SMILES string of the molecule is CC1=NO[C@@H]2[C@H]1[C@H]1CC[C@@H]2OC1. The van der Waals surface area contributed by atoms with Crippen LogP contribution in [0.4, 0.5) is 0 Å². The molecule has 3 aliphatic heterocycles. The predicted molar refractivity (Wildman–Crippen MR) is 43.9 cm³/mol. The summed E-state index contributed by atoms with van der Waals surface area (Å²) in [6.45, 7) is 2.99. The highest BCUT2D eigenvalue weighted by Crippen LogP contribution is 2.42. The average molecular weight is 167 g/mol. The van der Waals surface area contributed by atoms with Gasteiger partial charge < -0.3 is 9.57 Å². The Bertz CT molecular complexity index is 231. The van der Waals surface area contributed by atoms with Gasteiger partial charge in [0, 0.05) is 5.92 Å². The van der Waals surface area contributed by atoms with E-state index < -0.39 is 0 Å². The molecule has 0 unspecified atom stereocenters. The normalized spacial score (nSPS) is 49.9. The predicted octanol–water partition coefficient (Wildman–Crippen LogP) is 1.19. The molecule has 3 heterocycles. The summed E-state index contributed by atoms with van der Waals surface area (Å²) < 4.78 is 5.64. The second-order valence-corrected chi connectivity index (χ2v) is 4.04. The van der Waals surface area contributed by atoms with Gasteiger partial charge in [0.25, 0.3) is 0 Å². The van der Waals surface area contributed by atoms with E-state index in [1.807, 2.05) is 0 Å². The van der Waals surface area contributed by atoms with Crippen molar-refractivity contribution in [2.45, 2.75) is 32.0 Å². The third-order valence-electron chi connectivity index (χ3n) is 3.38. The van der Waals surface area contributed by atoms with Crippen LogP contribution in [0.5, 0.6) is 0 Å². The maximum atomic E-state index is 5.64. The fourth-order valence-corrected chi connectivity index (χ4v) is 2.75. The van der Waals surface area contributed by atoms with Crippen LogP contribution < -0.4 is 0 Å². The van der Waals surface area contributed by atoms with Crippen LogP contribution >= 0.6 is 0 Å². The Morgan fingerprint density at radius 3 is 3.00 bits per heavy atom. The third kappa shape index (κ3) is 0.724. The monoisotopic (exact) mass is 167 g/mol. The van der Waals surface area contributed by atoms with Crippen LogP contribution in [-0.4, -0.2) is 24.5 Å². The second kappa shape index (κ2) is 2.22. The molecule has 4 rings (SSSR count). The molecule has 0 aromatic heterocycles. The Labute approximate surface area is 71.7 Å². The highest BCUT2D eigenvalue weighted by molar-refractivity contribution is 5.86. The molecule has 2 saturated heterocycles. The van der Waals surface area contributed by atoms with Crippen molar-refractivity contribution in [3.8, 4) is 0 Å². The number of oxime groups is 1. The minimum absolute atomic E-state index is 0.248. The molecule has 1 saturated carbocycles. The standard InChI is InChI=1S/C9H13NO2/c1-5-8-6-2-3-7(11-4-6)9(8)12-10-5/h6-9H,2-4H2,1H3/t6-,7-,8+,9-/m0/s1. The van der Waals surface area contributed by atoms with Gasteiger partial charge in [-0.15, -0.1) is 0 Å². The van der Waals surface area contributed by atoms with Gasteiger partial charge in [0.2, 0.25) is 0 Å². The first-order valence-electron chi connectivity index (χ1n) is 4.68. The van der Waals surface area contributed by atoms with Crippen molar-refractivity contribution in [2.75, 3.05) is 6.61 Å². The molecule has 0 aromatic carbocycles. The van der Waals surface area contributed by atoms with Gasteiger partial charge in [-0.05, 0) is 25.7 Å². The Kier molecular flexibility index (Phi) is 1.28. The van der Waals surface area contributed by atoms with E-state index in [0.717, 1.165) is 13.0 Å². The molecule has 0 radical (unpaired) electrons. The van der Waals surface area contributed by atoms with E-state index in [9.17, 15) is 0 Å². The molecule has 4 aliphatic rings. The van der Waals surface area contributed by atoms with Crippen LogP contribution in [0.3, 0.4) is 0 Å². The molecular formula is C9H13NO2. The molecule has 0 amide bonds. The van der Waals surface area contributed by atoms with Crippen molar-refractivity contribution in [2.24, 2.45) is 17.0 Å². The van der Waals surface area contributed by atoms with Crippen molar-refractivity contribution in [3.63, 3.8) is 0 Å². The van der Waals surface area contributed by atoms with E-state index in [0.29, 0.717) is 17.9 Å². The summed E-state index contributed by atoms with van der Waals surface area (Å²) in [5, 5.41) is 4.06. The van der Waals surface area contributed by atoms with Gasteiger partial charge in [-0.25, -0.2) is 0 Å². The largest absolute Gasteiger partial charge is 0.389 e. The van der Waals surface area contributed by atoms with Crippen LogP contribution in [0.25, 0.3) is 0 Å². The summed E-state index contributed by atoms with van der Waals surface area (Å²) >= 11 is 0. The lowest BCUT2D eigenvalue weighted by Crippen LogP contribution is -2.51. The Hall–Kier alpha value is -0.570. The molecule has 66 valence electrons. The summed E-state index contributed by atoms with van der Waals surface area (Å²) in [5.41, 5.74) is 1.18. The fraction of sp³-hybridized carbons (Fsp3) is 0.889. The van der Waals surface area contributed by atoms with Gasteiger partial charge in [-0.3, -0.25) is 0 Å². The number of rotatable bonds is 0. The molecule has 0 N–H and O–H groups in total. The van der Waals surface area contributed by atoms with Gasteiger partial charge in [-0.2, -0.15) is 0 Å². The molecule has 0 aromatic rings. The van der Waals surface area contributed by atoms with E-state index in [1.54, 1.807) is 0 Å². The summed E-state index contributed by atoms with van der Waals surface area (Å²) in [5.74, 6) is 1.24. The maximum Gasteiger partial charge on any atom is 0.161 e. The van der Waals surface area contributed by atoms with Gasteiger partial charge in [0.15, 0.2) is 6.10 Å². The lowest BCUT2D eigenvalue weighted by molar-refractivity contribution is -0.161. The Morgan fingerprint density at radius 1 is 1.42 bits per heavy atom. The van der Waals surface area contributed by atoms with Gasteiger partial charge in [-0.1, -0.05) is 5.16 Å². The van der Waals surface area contributed by atoms with E-state index in [2.05, 4.69) is 12.1 Å². The number of nitrogens with zero attached hydrogens (tertiary/aromatic N) is 1. The Morgan fingerprint density at radius 2 is 2.33 bits per heavy atom. The molecule has 4 atom stereocenters. The highest BCUT2D eigenvalue weighted by atomic mass is 16.7. The number of ether oxygens (including phenoxy) is 1. The van der Waals surface area contributed by atoms with Crippen molar-refractivity contribution >= 4 is 5.71 Å². The highest BCUT2D eigenvalue weighted by Gasteiger charge is 2.50. The van der Waals surface area contributed by atoms with Gasteiger partial charge in [0.05, 0.1) is 18.4 Å².